The topological polar surface area (TPSA) is 110 Å². The van der Waals surface area contributed by atoms with E-state index in [-0.39, 0.29) is 40.5 Å². The van der Waals surface area contributed by atoms with Crippen LogP contribution in [0.5, 0.6) is 11.5 Å². The molecule has 224 valence electrons. The van der Waals surface area contributed by atoms with E-state index in [2.05, 4.69) is 44.3 Å². The molecule has 2 heterocycles. The van der Waals surface area contributed by atoms with Gasteiger partial charge in [0.1, 0.15) is 28.2 Å². The normalized spacial score (nSPS) is 19.8. The molecule has 1 aromatic rings. The van der Waals surface area contributed by atoms with Crippen LogP contribution in [0.4, 0.5) is 0 Å². The monoisotopic (exact) mass is 591 g/mol. The summed E-state index contributed by atoms with van der Waals surface area (Å²) in [5.74, 6) is -1.21. The van der Waals surface area contributed by atoms with E-state index in [1.54, 1.807) is 12.1 Å². The molecule has 0 saturated carbocycles. The molecular formula is C34H41NO6S. The van der Waals surface area contributed by atoms with Crippen LogP contribution in [-0.4, -0.2) is 43.5 Å². The fraction of sp³-hybridized carbons (Fsp3) is 0.412. The first-order valence-corrected chi connectivity index (χ1v) is 16.1. The van der Waals surface area contributed by atoms with Crippen LogP contribution in [0, 0.1) is 0 Å². The van der Waals surface area contributed by atoms with E-state index in [1.165, 1.54) is 22.8 Å². The molecule has 0 bridgehead atoms. The van der Waals surface area contributed by atoms with Gasteiger partial charge in [-0.15, -0.1) is 0 Å². The first kappa shape index (κ1) is 31.3. The van der Waals surface area contributed by atoms with Crippen molar-refractivity contribution in [1.82, 2.24) is 5.32 Å². The predicted molar refractivity (Wildman–Crippen MR) is 167 cm³/mol. The molecule has 0 amide bonds. The lowest BCUT2D eigenvalue weighted by Crippen LogP contribution is -2.44. The predicted octanol–water partition coefficient (Wildman–Crippen LogP) is 6.22. The molecule has 0 spiro atoms. The van der Waals surface area contributed by atoms with Gasteiger partial charge in [0, 0.05) is 23.2 Å². The molecule has 0 aromatic heterocycles. The molecule has 2 aliphatic heterocycles. The van der Waals surface area contributed by atoms with E-state index in [0.717, 1.165) is 24.8 Å². The Hall–Kier alpha value is -3.65. The van der Waals surface area contributed by atoms with Gasteiger partial charge < -0.3 is 15.2 Å². The number of benzene rings is 1. The van der Waals surface area contributed by atoms with Crippen LogP contribution < -0.4 is 10.1 Å². The Morgan fingerprint density at radius 2 is 1.60 bits per heavy atom. The molecule has 0 fully saturated rings. The number of fused-ring (bicyclic) bond motifs is 2. The number of allylic oxidation sites excluding steroid dienone is 9. The second-order valence-electron chi connectivity index (χ2n) is 11.8. The molecule has 4 rings (SSSR count). The second-order valence-corrected chi connectivity index (χ2v) is 13.9. The molecule has 0 radical (unpaired) electrons. The Balaban J connectivity index is 1.77. The Labute approximate surface area is 249 Å². The maximum atomic E-state index is 13.9. The minimum atomic E-state index is -3.94. The average molecular weight is 592 g/mol. The lowest BCUT2D eigenvalue weighted by molar-refractivity contribution is -0.115. The van der Waals surface area contributed by atoms with Gasteiger partial charge in [-0.1, -0.05) is 40.5 Å². The van der Waals surface area contributed by atoms with Gasteiger partial charge in [-0.3, -0.25) is 9.59 Å². The minimum Gasteiger partial charge on any atom is -0.508 e. The van der Waals surface area contributed by atoms with Gasteiger partial charge in [-0.2, -0.15) is 0 Å². The molecule has 42 heavy (non-hydrogen) atoms. The SMILES string of the molecule is CC(C)=CCCC(C)=CCc1cc2c(cc1O)C1=C(C(=O)C3=C(NCCS3(=O)=O)C1=O)[C@@H](C=C(C)CCC=C(C)C)O2. The highest BCUT2D eigenvalue weighted by Crippen LogP contribution is 2.45. The van der Waals surface area contributed by atoms with E-state index < -0.39 is 32.4 Å². The second kappa shape index (κ2) is 12.7. The van der Waals surface area contributed by atoms with Crippen LogP contribution in [0.15, 0.2) is 74.9 Å². The van der Waals surface area contributed by atoms with Crippen molar-refractivity contribution < 1.29 is 27.9 Å². The number of carbonyl (C=O) groups excluding carboxylic acids is 2. The number of carbonyl (C=O) groups is 2. The number of Topliss-reactive ketones (excluding diaryl/α,β-unsaturated/α-hetero) is 2. The van der Waals surface area contributed by atoms with Crippen LogP contribution in [0.25, 0.3) is 5.57 Å². The zero-order valence-electron chi connectivity index (χ0n) is 25.4. The van der Waals surface area contributed by atoms with Crippen LogP contribution >= 0.6 is 0 Å². The van der Waals surface area contributed by atoms with Crippen molar-refractivity contribution in [1.29, 1.82) is 0 Å². The zero-order chi connectivity index (χ0) is 30.8. The number of phenols is 1. The minimum absolute atomic E-state index is 0.00208. The number of sulfone groups is 1. The molecule has 7 nitrogen and oxygen atoms in total. The number of ketones is 2. The summed E-state index contributed by atoms with van der Waals surface area (Å²) >= 11 is 0. The summed E-state index contributed by atoms with van der Waals surface area (Å²) in [5, 5.41) is 13.8. The van der Waals surface area contributed by atoms with E-state index in [4.69, 9.17) is 4.74 Å². The van der Waals surface area contributed by atoms with E-state index >= 15 is 0 Å². The highest BCUT2D eigenvalue weighted by Gasteiger charge is 2.47. The molecule has 0 unspecified atom stereocenters. The van der Waals surface area contributed by atoms with Gasteiger partial charge in [0.05, 0.1) is 11.3 Å². The number of phenolic OH excluding ortho intramolecular Hbond substituents is 1. The van der Waals surface area contributed by atoms with Crippen molar-refractivity contribution in [3.05, 3.63) is 86.0 Å². The average Bonchev–Trinajstić information content (AvgIpc) is 2.89. The zero-order valence-corrected chi connectivity index (χ0v) is 26.2. The number of rotatable bonds is 9. The first-order valence-electron chi connectivity index (χ1n) is 14.5. The number of nitrogens with one attached hydrogen (secondary N) is 1. The number of ether oxygens (including phenoxy) is 1. The molecule has 3 aliphatic rings. The largest absolute Gasteiger partial charge is 0.508 e. The van der Waals surface area contributed by atoms with Crippen LogP contribution in [0.2, 0.25) is 0 Å². The van der Waals surface area contributed by atoms with E-state index in [1.807, 2.05) is 20.8 Å². The summed E-state index contributed by atoms with van der Waals surface area (Å²) in [5.41, 5.74) is 5.43. The van der Waals surface area contributed by atoms with Crippen molar-refractivity contribution in [2.24, 2.45) is 0 Å². The Morgan fingerprint density at radius 1 is 0.952 bits per heavy atom. The number of aromatic hydroxyl groups is 1. The maximum absolute atomic E-state index is 13.9. The molecule has 8 heteroatoms. The number of hydrogen-bond donors (Lipinski definition) is 2. The van der Waals surface area contributed by atoms with Crippen molar-refractivity contribution in [2.75, 3.05) is 12.3 Å². The summed E-state index contributed by atoms with van der Waals surface area (Å²) in [7, 11) is -3.94. The lowest BCUT2D eigenvalue weighted by atomic mass is 9.81. The first-order chi connectivity index (χ1) is 19.8. The summed E-state index contributed by atoms with van der Waals surface area (Å²) in [6, 6.07) is 3.18. The summed E-state index contributed by atoms with van der Waals surface area (Å²) in [6.07, 6.45) is 11.1. The van der Waals surface area contributed by atoms with Crippen LogP contribution in [-0.2, 0) is 25.8 Å². The Kier molecular flexibility index (Phi) is 9.46. The van der Waals surface area contributed by atoms with Crippen molar-refractivity contribution in [2.45, 2.75) is 79.8 Å². The third-order valence-corrected chi connectivity index (χ3v) is 9.42. The van der Waals surface area contributed by atoms with Gasteiger partial charge in [0.25, 0.3) is 0 Å². The molecule has 1 aromatic carbocycles. The molecule has 0 saturated heterocycles. The fourth-order valence-electron chi connectivity index (χ4n) is 5.39. The summed E-state index contributed by atoms with van der Waals surface area (Å²) in [4.78, 5) is 27.2. The smallest absolute Gasteiger partial charge is 0.211 e. The van der Waals surface area contributed by atoms with E-state index in [9.17, 15) is 23.1 Å². The highest BCUT2D eigenvalue weighted by atomic mass is 32.2. The van der Waals surface area contributed by atoms with E-state index in [0.29, 0.717) is 24.2 Å². The molecule has 1 atom stereocenters. The third-order valence-electron chi connectivity index (χ3n) is 7.66. The summed E-state index contributed by atoms with van der Waals surface area (Å²) < 4.78 is 32.3. The molecule has 1 aliphatic carbocycles. The van der Waals surface area contributed by atoms with Gasteiger partial charge in [-0.25, -0.2) is 8.42 Å². The van der Waals surface area contributed by atoms with Crippen LogP contribution in [0.3, 0.4) is 0 Å². The van der Waals surface area contributed by atoms with Crippen molar-refractivity contribution in [3.8, 4) is 11.5 Å². The Morgan fingerprint density at radius 3 is 2.24 bits per heavy atom. The van der Waals surface area contributed by atoms with Crippen LogP contribution in [0.1, 0.15) is 78.4 Å². The lowest BCUT2D eigenvalue weighted by Gasteiger charge is -2.34. The molecular weight excluding hydrogens is 550 g/mol. The van der Waals surface area contributed by atoms with Crippen molar-refractivity contribution in [3.63, 3.8) is 0 Å². The summed E-state index contributed by atoms with van der Waals surface area (Å²) in [6.45, 7) is 12.2. The Bertz CT molecular complexity index is 1610. The van der Waals surface area contributed by atoms with Gasteiger partial charge in [0.15, 0.2) is 9.84 Å². The third kappa shape index (κ3) is 6.70. The maximum Gasteiger partial charge on any atom is 0.211 e. The number of hydrogen-bond acceptors (Lipinski definition) is 7. The highest BCUT2D eigenvalue weighted by molar-refractivity contribution is 7.96. The quantitative estimate of drug-likeness (QED) is 0.259. The fourth-order valence-corrected chi connectivity index (χ4v) is 6.84. The van der Waals surface area contributed by atoms with Gasteiger partial charge >= 0.3 is 0 Å². The van der Waals surface area contributed by atoms with Crippen molar-refractivity contribution >= 4 is 27.0 Å². The molecule has 2 N–H and O–H groups in total. The van der Waals surface area contributed by atoms with Gasteiger partial charge in [-0.05, 0) is 91.9 Å². The standard InChI is InChI=1S/C34H41NO6S/c1-20(2)9-7-11-22(5)13-14-24-18-27-25(19-26(24)36)29-30(28(41-27)17-23(6)12-8-10-21(3)4)33(38)34-31(32(29)37)35-15-16-42(34,39)40/h9-10,13,17-19,28,35-36H,7-8,11-12,14-16H2,1-6H3/t28-/m1/s1. The van der Waals surface area contributed by atoms with Gasteiger partial charge in [0.2, 0.25) is 11.6 Å².